The quantitative estimate of drug-likeness (QED) is 0.761. The summed E-state index contributed by atoms with van der Waals surface area (Å²) in [6.45, 7) is 1.61. The minimum atomic E-state index is -0.230. The van der Waals surface area contributed by atoms with Gasteiger partial charge in [0.25, 0.3) is 11.8 Å². The Morgan fingerprint density at radius 3 is 2.50 bits per heavy atom. The molecular weight excluding hydrogens is 328 g/mol. The standard InChI is InChI=1S/C20H20N4O2/c25-19(14-7-3-1-4-8-14)21-18-16-13-15(9-10-17(16)22-23-18)20(26)24-11-5-2-6-12-24/h1,3-4,7-10,13H,2,5-6,11-12H2,(H2,21,22,23,25). The van der Waals surface area contributed by atoms with E-state index in [0.717, 1.165) is 36.8 Å². The number of rotatable bonds is 3. The molecule has 0 spiro atoms. The average Bonchev–Trinajstić information content (AvgIpc) is 3.10. The van der Waals surface area contributed by atoms with Gasteiger partial charge in [0.2, 0.25) is 0 Å². The van der Waals surface area contributed by atoms with Gasteiger partial charge in [-0.3, -0.25) is 14.7 Å². The molecule has 2 heterocycles. The second-order valence-corrected chi connectivity index (χ2v) is 6.51. The number of aromatic amines is 1. The van der Waals surface area contributed by atoms with Crippen LogP contribution in [0.15, 0.2) is 48.5 Å². The van der Waals surface area contributed by atoms with Gasteiger partial charge in [0.05, 0.1) is 5.52 Å². The van der Waals surface area contributed by atoms with Crippen LogP contribution in [0.25, 0.3) is 10.9 Å². The van der Waals surface area contributed by atoms with Crippen molar-refractivity contribution in [1.29, 1.82) is 0 Å². The fraction of sp³-hybridized carbons (Fsp3) is 0.250. The Bertz CT molecular complexity index is 943. The molecule has 26 heavy (non-hydrogen) atoms. The van der Waals surface area contributed by atoms with Gasteiger partial charge in [-0.05, 0) is 49.6 Å². The number of aromatic nitrogens is 2. The fourth-order valence-electron chi connectivity index (χ4n) is 3.29. The largest absolute Gasteiger partial charge is 0.339 e. The molecule has 0 unspecified atom stereocenters. The number of hydrogen-bond acceptors (Lipinski definition) is 3. The van der Waals surface area contributed by atoms with Gasteiger partial charge < -0.3 is 10.2 Å². The summed E-state index contributed by atoms with van der Waals surface area (Å²) in [5.74, 6) is 0.238. The lowest BCUT2D eigenvalue weighted by atomic mass is 10.1. The average molecular weight is 348 g/mol. The highest BCUT2D eigenvalue weighted by Crippen LogP contribution is 2.24. The van der Waals surface area contributed by atoms with Crippen LogP contribution in [0.4, 0.5) is 5.82 Å². The zero-order valence-electron chi connectivity index (χ0n) is 14.4. The Labute approximate surface area is 151 Å². The predicted octanol–water partition coefficient (Wildman–Crippen LogP) is 3.44. The number of piperidine rings is 1. The minimum absolute atomic E-state index is 0.0353. The number of carbonyl (C=O) groups excluding carboxylic acids is 2. The van der Waals surface area contributed by atoms with Crippen molar-refractivity contribution in [2.24, 2.45) is 0 Å². The first kappa shape index (κ1) is 16.3. The summed E-state index contributed by atoms with van der Waals surface area (Å²) in [4.78, 5) is 27.0. The second kappa shape index (κ2) is 7.00. The first-order chi connectivity index (χ1) is 12.7. The number of fused-ring (bicyclic) bond motifs is 1. The molecule has 1 aliphatic heterocycles. The third-order valence-electron chi connectivity index (χ3n) is 4.72. The summed E-state index contributed by atoms with van der Waals surface area (Å²) in [6.07, 6.45) is 3.29. The van der Waals surface area contributed by atoms with E-state index in [-0.39, 0.29) is 11.8 Å². The van der Waals surface area contributed by atoms with Crippen LogP contribution in [0.3, 0.4) is 0 Å². The van der Waals surface area contributed by atoms with E-state index in [0.29, 0.717) is 16.9 Å². The number of anilines is 1. The van der Waals surface area contributed by atoms with Gasteiger partial charge in [0.15, 0.2) is 5.82 Å². The molecular formula is C20H20N4O2. The molecule has 1 fully saturated rings. The molecule has 0 atom stereocenters. The maximum Gasteiger partial charge on any atom is 0.256 e. The van der Waals surface area contributed by atoms with Crippen molar-refractivity contribution in [1.82, 2.24) is 15.1 Å². The van der Waals surface area contributed by atoms with E-state index in [1.165, 1.54) is 6.42 Å². The number of benzene rings is 2. The number of hydrogen-bond donors (Lipinski definition) is 2. The van der Waals surface area contributed by atoms with Gasteiger partial charge in [0, 0.05) is 29.6 Å². The Hall–Kier alpha value is -3.15. The Balaban J connectivity index is 1.60. The van der Waals surface area contributed by atoms with Gasteiger partial charge in [-0.15, -0.1) is 0 Å². The molecule has 3 aromatic rings. The van der Waals surface area contributed by atoms with E-state index < -0.39 is 0 Å². The van der Waals surface area contributed by atoms with Crippen LogP contribution >= 0.6 is 0 Å². The summed E-state index contributed by atoms with van der Waals surface area (Å²) >= 11 is 0. The fourth-order valence-corrected chi connectivity index (χ4v) is 3.29. The lowest BCUT2D eigenvalue weighted by Gasteiger charge is -2.26. The van der Waals surface area contributed by atoms with E-state index in [4.69, 9.17) is 0 Å². The number of likely N-dealkylation sites (tertiary alicyclic amines) is 1. The van der Waals surface area contributed by atoms with Crippen LogP contribution in [0.1, 0.15) is 40.0 Å². The van der Waals surface area contributed by atoms with Crippen molar-refractivity contribution in [2.45, 2.75) is 19.3 Å². The number of amides is 2. The van der Waals surface area contributed by atoms with E-state index >= 15 is 0 Å². The van der Waals surface area contributed by atoms with Crippen LogP contribution in [0.5, 0.6) is 0 Å². The van der Waals surface area contributed by atoms with Crippen molar-refractivity contribution in [3.05, 3.63) is 59.7 Å². The van der Waals surface area contributed by atoms with Crippen molar-refractivity contribution >= 4 is 28.5 Å². The third-order valence-corrected chi connectivity index (χ3v) is 4.72. The maximum absolute atomic E-state index is 12.7. The zero-order valence-corrected chi connectivity index (χ0v) is 14.4. The van der Waals surface area contributed by atoms with Crippen molar-refractivity contribution in [3.63, 3.8) is 0 Å². The summed E-state index contributed by atoms with van der Waals surface area (Å²) in [7, 11) is 0. The molecule has 2 N–H and O–H groups in total. The third kappa shape index (κ3) is 3.18. The van der Waals surface area contributed by atoms with E-state index in [1.807, 2.05) is 29.2 Å². The Morgan fingerprint density at radius 1 is 0.962 bits per heavy atom. The molecule has 1 aliphatic rings. The summed E-state index contributed by atoms with van der Waals surface area (Å²) < 4.78 is 0. The molecule has 6 heteroatoms. The van der Waals surface area contributed by atoms with Crippen LogP contribution in [0.2, 0.25) is 0 Å². The molecule has 2 aromatic carbocycles. The highest BCUT2D eigenvalue weighted by molar-refractivity contribution is 6.09. The molecule has 2 amide bonds. The van der Waals surface area contributed by atoms with Gasteiger partial charge >= 0.3 is 0 Å². The topological polar surface area (TPSA) is 78.1 Å². The minimum Gasteiger partial charge on any atom is -0.339 e. The molecule has 0 saturated carbocycles. The monoisotopic (exact) mass is 348 g/mol. The SMILES string of the molecule is O=C(Nc1n[nH]c2ccc(C(=O)N3CCCCC3)cc12)c1ccccc1. The lowest BCUT2D eigenvalue weighted by molar-refractivity contribution is 0.0724. The highest BCUT2D eigenvalue weighted by atomic mass is 16.2. The van der Waals surface area contributed by atoms with Crippen LogP contribution < -0.4 is 5.32 Å². The summed E-state index contributed by atoms with van der Waals surface area (Å²) in [5, 5.41) is 10.6. The first-order valence-corrected chi connectivity index (χ1v) is 8.86. The van der Waals surface area contributed by atoms with E-state index in [2.05, 4.69) is 15.5 Å². The summed E-state index contributed by atoms with van der Waals surface area (Å²) in [5.41, 5.74) is 1.96. The molecule has 132 valence electrons. The first-order valence-electron chi connectivity index (χ1n) is 8.86. The van der Waals surface area contributed by atoms with Crippen LogP contribution in [0, 0.1) is 0 Å². The van der Waals surface area contributed by atoms with E-state index in [9.17, 15) is 9.59 Å². The van der Waals surface area contributed by atoms with Gasteiger partial charge in [-0.1, -0.05) is 18.2 Å². The molecule has 1 saturated heterocycles. The van der Waals surface area contributed by atoms with E-state index in [1.54, 1.807) is 24.3 Å². The Kier molecular flexibility index (Phi) is 4.39. The number of H-pyrrole nitrogens is 1. The molecule has 1 aromatic heterocycles. The highest BCUT2D eigenvalue weighted by Gasteiger charge is 2.19. The molecule has 0 radical (unpaired) electrons. The van der Waals surface area contributed by atoms with Gasteiger partial charge in [0.1, 0.15) is 0 Å². The van der Waals surface area contributed by atoms with Crippen LogP contribution in [-0.4, -0.2) is 40.0 Å². The molecule has 0 bridgehead atoms. The zero-order chi connectivity index (χ0) is 17.9. The summed E-state index contributed by atoms with van der Waals surface area (Å²) in [6, 6.07) is 14.4. The molecule has 6 nitrogen and oxygen atoms in total. The maximum atomic E-state index is 12.7. The second-order valence-electron chi connectivity index (χ2n) is 6.51. The van der Waals surface area contributed by atoms with Gasteiger partial charge in [-0.25, -0.2) is 0 Å². The van der Waals surface area contributed by atoms with Crippen molar-refractivity contribution in [2.75, 3.05) is 18.4 Å². The smallest absolute Gasteiger partial charge is 0.256 e. The lowest BCUT2D eigenvalue weighted by Crippen LogP contribution is -2.35. The van der Waals surface area contributed by atoms with Crippen LogP contribution in [-0.2, 0) is 0 Å². The number of nitrogens with zero attached hydrogens (tertiary/aromatic N) is 2. The molecule has 4 rings (SSSR count). The number of carbonyl (C=O) groups is 2. The normalized spacial score (nSPS) is 14.4. The molecule has 0 aliphatic carbocycles. The van der Waals surface area contributed by atoms with Gasteiger partial charge in [-0.2, -0.15) is 5.10 Å². The predicted molar refractivity (Wildman–Crippen MR) is 100 cm³/mol. The Morgan fingerprint density at radius 2 is 1.73 bits per heavy atom. The number of nitrogens with one attached hydrogen (secondary N) is 2. The van der Waals surface area contributed by atoms with Crippen molar-refractivity contribution < 1.29 is 9.59 Å². The van der Waals surface area contributed by atoms with Crippen molar-refractivity contribution in [3.8, 4) is 0 Å².